The number of benzene rings is 2. The van der Waals surface area contributed by atoms with Crippen molar-refractivity contribution in [3.05, 3.63) is 83.0 Å². The third-order valence-electron chi connectivity index (χ3n) is 8.70. The average Bonchev–Trinajstić information content (AvgIpc) is 3.19. The third-order valence-corrected chi connectivity index (χ3v) is 8.70. The zero-order valence-corrected chi connectivity index (χ0v) is 23.6. The molecule has 0 aromatic heterocycles. The molecule has 4 unspecified atom stereocenters. The van der Waals surface area contributed by atoms with E-state index in [2.05, 4.69) is 95.3 Å². The van der Waals surface area contributed by atoms with Crippen LogP contribution in [0.2, 0.25) is 0 Å². The van der Waals surface area contributed by atoms with Gasteiger partial charge in [-0.05, 0) is 93.4 Å². The Hall–Kier alpha value is -2.61. The Morgan fingerprint density at radius 2 is 1.49 bits per heavy atom. The predicted octanol–water partition coefficient (Wildman–Crippen LogP) is 9.50. The third kappa shape index (κ3) is 6.83. The van der Waals surface area contributed by atoms with Crippen LogP contribution in [0, 0.1) is 23.7 Å². The summed E-state index contributed by atoms with van der Waals surface area (Å²) >= 11 is 0. The molecule has 0 bridgehead atoms. The molecule has 0 aliphatic heterocycles. The zero-order valence-electron chi connectivity index (χ0n) is 23.6. The van der Waals surface area contributed by atoms with Crippen LogP contribution < -0.4 is 0 Å². The number of carbonyl (C=O) groups is 1. The van der Waals surface area contributed by atoms with Gasteiger partial charge in [0, 0.05) is 5.92 Å². The van der Waals surface area contributed by atoms with E-state index in [1.807, 2.05) is 0 Å². The number of hydrogen-bond donors (Lipinski definition) is 0. The molecule has 1 saturated carbocycles. The maximum absolute atomic E-state index is 13.7. The van der Waals surface area contributed by atoms with E-state index in [1.165, 1.54) is 46.2 Å². The fourth-order valence-corrected chi connectivity index (χ4v) is 6.48. The van der Waals surface area contributed by atoms with Gasteiger partial charge in [-0.15, -0.1) is 0 Å². The first-order valence-corrected chi connectivity index (χ1v) is 14.5. The lowest BCUT2D eigenvalue weighted by atomic mass is 9.72. The molecule has 2 aliphatic rings. The second-order valence-electron chi connectivity index (χ2n) is 12.0. The van der Waals surface area contributed by atoms with Crippen molar-refractivity contribution in [2.24, 2.45) is 23.7 Å². The minimum Gasteiger partial charge on any atom is -0.464 e. The summed E-state index contributed by atoms with van der Waals surface area (Å²) in [4.78, 5) is 13.7. The number of rotatable bonds is 8. The Morgan fingerprint density at radius 1 is 0.892 bits per heavy atom. The summed E-state index contributed by atoms with van der Waals surface area (Å²) < 4.78 is 6.22. The average molecular weight is 499 g/mol. The zero-order chi connectivity index (χ0) is 26.4. The van der Waals surface area contributed by atoms with Gasteiger partial charge in [0.15, 0.2) is 0 Å². The van der Waals surface area contributed by atoms with Crippen molar-refractivity contribution >= 4 is 5.97 Å². The Balaban J connectivity index is 1.50. The summed E-state index contributed by atoms with van der Waals surface area (Å²) in [6.07, 6.45) is 12.5. The number of hydrogen-bond acceptors (Lipinski definition) is 2. The lowest BCUT2D eigenvalue weighted by Crippen LogP contribution is -2.31. The Morgan fingerprint density at radius 3 is 2.11 bits per heavy atom. The minimum absolute atomic E-state index is 0.0130. The van der Waals surface area contributed by atoms with E-state index in [0.717, 1.165) is 32.1 Å². The van der Waals surface area contributed by atoms with E-state index in [9.17, 15) is 4.79 Å². The van der Waals surface area contributed by atoms with Crippen molar-refractivity contribution in [1.29, 1.82) is 0 Å². The Labute approximate surface area is 225 Å². The highest BCUT2D eigenvalue weighted by Crippen LogP contribution is 2.45. The van der Waals surface area contributed by atoms with Crippen molar-refractivity contribution in [3.8, 4) is 11.1 Å². The van der Waals surface area contributed by atoms with E-state index in [4.69, 9.17) is 4.74 Å². The molecule has 2 aromatic carbocycles. The maximum Gasteiger partial charge on any atom is 0.309 e. The van der Waals surface area contributed by atoms with E-state index in [1.54, 1.807) is 0 Å². The smallest absolute Gasteiger partial charge is 0.309 e. The van der Waals surface area contributed by atoms with E-state index >= 15 is 0 Å². The van der Waals surface area contributed by atoms with E-state index < -0.39 is 0 Å². The summed E-state index contributed by atoms with van der Waals surface area (Å²) in [5.41, 5.74) is 7.85. The summed E-state index contributed by atoms with van der Waals surface area (Å²) in [7, 11) is 0. The van der Waals surface area contributed by atoms with Gasteiger partial charge in [-0.2, -0.15) is 0 Å². The van der Waals surface area contributed by atoms with Gasteiger partial charge in [-0.3, -0.25) is 4.79 Å². The number of ether oxygens (including phenoxy) is 1. The second-order valence-corrected chi connectivity index (χ2v) is 12.0. The molecule has 4 rings (SSSR count). The summed E-state index contributed by atoms with van der Waals surface area (Å²) in [6, 6.07) is 17.2. The van der Waals surface area contributed by atoms with E-state index in [0.29, 0.717) is 24.4 Å². The van der Waals surface area contributed by atoms with Crippen LogP contribution in [0.3, 0.4) is 0 Å². The van der Waals surface area contributed by atoms with Gasteiger partial charge in [0.25, 0.3) is 0 Å². The van der Waals surface area contributed by atoms with Crippen molar-refractivity contribution in [2.75, 3.05) is 6.61 Å². The van der Waals surface area contributed by atoms with Crippen molar-refractivity contribution < 1.29 is 9.53 Å². The molecule has 2 nitrogen and oxygen atoms in total. The van der Waals surface area contributed by atoms with Crippen LogP contribution in [-0.4, -0.2) is 12.6 Å². The number of carbonyl (C=O) groups excluding carboxylic acids is 1. The minimum atomic E-state index is -0.0130. The Kier molecular flexibility index (Phi) is 9.46. The van der Waals surface area contributed by atoms with Gasteiger partial charge in [0.1, 0.15) is 6.61 Å². The first-order valence-electron chi connectivity index (χ1n) is 14.5. The monoisotopic (exact) mass is 498 g/mol. The summed E-state index contributed by atoms with van der Waals surface area (Å²) in [5, 5.41) is 0. The van der Waals surface area contributed by atoms with Crippen LogP contribution in [0.5, 0.6) is 0 Å². The Bertz CT molecular complexity index is 1070. The molecule has 4 atom stereocenters. The van der Waals surface area contributed by atoms with Crippen molar-refractivity contribution in [2.45, 2.75) is 85.5 Å². The fraction of sp³-hybridized carbons (Fsp3) is 0.514. The molecule has 0 spiro atoms. The van der Waals surface area contributed by atoms with Gasteiger partial charge >= 0.3 is 5.97 Å². The highest BCUT2D eigenvalue weighted by molar-refractivity contribution is 5.79. The van der Waals surface area contributed by atoms with Crippen molar-refractivity contribution in [3.63, 3.8) is 0 Å². The standard InChI is InChI=1S/C35H46O2/c1-24(2)18-20-26(5)27-12-6-7-13-29(28(22-27)21-19-25(3)4)35(36)37-23-34-32-16-10-8-14-30(32)31-15-9-11-17-33(31)34/h8-11,14-19,26-29,34H,6-7,12-13,20-23H2,1-5H3. The number of fused-ring (bicyclic) bond motifs is 3. The molecule has 0 heterocycles. The lowest BCUT2D eigenvalue weighted by Gasteiger charge is -2.34. The number of allylic oxidation sites excluding steroid dienone is 4. The first kappa shape index (κ1) is 27.4. The highest BCUT2D eigenvalue weighted by Gasteiger charge is 2.35. The van der Waals surface area contributed by atoms with Crippen molar-refractivity contribution in [1.82, 2.24) is 0 Å². The van der Waals surface area contributed by atoms with Gasteiger partial charge in [-0.25, -0.2) is 0 Å². The molecule has 198 valence electrons. The largest absolute Gasteiger partial charge is 0.464 e. The highest BCUT2D eigenvalue weighted by atomic mass is 16.5. The molecule has 0 saturated heterocycles. The van der Waals surface area contributed by atoms with Crippen LogP contribution >= 0.6 is 0 Å². The topological polar surface area (TPSA) is 26.3 Å². The lowest BCUT2D eigenvalue weighted by molar-refractivity contribution is -0.151. The molecule has 37 heavy (non-hydrogen) atoms. The molecule has 2 aromatic rings. The fourth-order valence-electron chi connectivity index (χ4n) is 6.48. The van der Waals surface area contributed by atoms with Gasteiger partial charge < -0.3 is 4.74 Å². The van der Waals surface area contributed by atoms with Crippen LogP contribution in [0.15, 0.2) is 71.8 Å². The second kappa shape index (κ2) is 12.8. The van der Waals surface area contributed by atoms with Crippen LogP contribution in [-0.2, 0) is 9.53 Å². The van der Waals surface area contributed by atoms with Crippen LogP contribution in [0.25, 0.3) is 11.1 Å². The molecule has 2 aliphatic carbocycles. The maximum atomic E-state index is 13.7. The molecule has 0 N–H and O–H groups in total. The molecule has 2 heteroatoms. The summed E-state index contributed by atoms with van der Waals surface area (Å²) in [6.45, 7) is 11.6. The molecule has 0 radical (unpaired) electrons. The number of esters is 1. The predicted molar refractivity (Wildman–Crippen MR) is 155 cm³/mol. The van der Waals surface area contributed by atoms with Gasteiger partial charge in [0.2, 0.25) is 0 Å². The summed E-state index contributed by atoms with van der Waals surface area (Å²) in [5.74, 6) is 1.79. The molecule has 1 fully saturated rings. The molecule has 0 amide bonds. The van der Waals surface area contributed by atoms with Crippen LogP contribution in [0.4, 0.5) is 0 Å². The molecular formula is C35H46O2. The normalized spacial score (nSPS) is 22.1. The molecular weight excluding hydrogens is 452 g/mol. The van der Waals surface area contributed by atoms with E-state index in [-0.39, 0.29) is 17.8 Å². The van der Waals surface area contributed by atoms with Crippen LogP contribution in [0.1, 0.15) is 96.6 Å². The SMILES string of the molecule is CC(C)=CCC(C)C1CCCCC(C(=O)OCC2c3ccccc3-c3ccccc32)C(CC=C(C)C)C1. The first-order chi connectivity index (χ1) is 17.8. The van der Waals surface area contributed by atoms with Gasteiger partial charge in [-0.1, -0.05) is 98.0 Å². The quantitative estimate of drug-likeness (QED) is 0.267. The van der Waals surface area contributed by atoms with Gasteiger partial charge in [0.05, 0.1) is 5.92 Å².